The van der Waals surface area contributed by atoms with Gasteiger partial charge in [0.2, 0.25) is 11.2 Å². The number of Topliss-reactive ketones (excluding diaryl/α,β-unsaturated/α-hetero) is 1. The van der Waals surface area contributed by atoms with E-state index in [2.05, 4.69) is 38.3 Å². The predicted molar refractivity (Wildman–Crippen MR) is 144 cm³/mol. The second-order valence-electron chi connectivity index (χ2n) is 8.60. The molecule has 1 aliphatic carbocycles. The van der Waals surface area contributed by atoms with Crippen LogP contribution < -0.4 is 5.43 Å². The molecule has 0 amide bonds. The van der Waals surface area contributed by atoms with Crippen molar-refractivity contribution in [1.82, 2.24) is 19.2 Å². The van der Waals surface area contributed by atoms with Gasteiger partial charge in [-0.25, -0.2) is 4.40 Å². The highest BCUT2D eigenvalue weighted by Crippen LogP contribution is 2.33. The van der Waals surface area contributed by atoms with Gasteiger partial charge < -0.3 is 0 Å². The maximum Gasteiger partial charge on any atom is 0.238 e. The Bertz CT molecular complexity index is 1620. The summed E-state index contributed by atoms with van der Waals surface area (Å²) in [5.41, 5.74) is 3.50. The summed E-state index contributed by atoms with van der Waals surface area (Å²) in [5.74, 6) is 0.907. The van der Waals surface area contributed by atoms with E-state index >= 15 is 0 Å². The van der Waals surface area contributed by atoms with Crippen LogP contribution in [0.5, 0.6) is 0 Å². The summed E-state index contributed by atoms with van der Waals surface area (Å²) in [6.07, 6.45) is 3.93. The molecule has 9 heteroatoms. The molecule has 0 atom stereocenters. The molecule has 0 aliphatic heterocycles. The van der Waals surface area contributed by atoms with E-state index in [4.69, 9.17) is 0 Å². The molecule has 0 bridgehead atoms. The molecule has 6 rings (SSSR count). The molecular weight excluding hydrogens is 544 g/mol. The molecule has 5 aromatic rings. The SMILES string of the molecule is O=C(CSc1nnc2n(Cc3ccccc3)c3c(=O)c4c(sc3n12)CCCC4)c1ccc(Br)cc1. The summed E-state index contributed by atoms with van der Waals surface area (Å²) in [5, 5.41) is 9.55. The monoisotopic (exact) mass is 564 g/mol. The number of aryl methyl sites for hydroxylation is 1. The van der Waals surface area contributed by atoms with Gasteiger partial charge in [0, 0.05) is 20.5 Å². The van der Waals surface area contributed by atoms with Crippen LogP contribution in [0.25, 0.3) is 16.1 Å². The van der Waals surface area contributed by atoms with Gasteiger partial charge in [0.15, 0.2) is 10.9 Å². The Morgan fingerprint density at radius 3 is 2.60 bits per heavy atom. The molecule has 0 radical (unpaired) electrons. The van der Waals surface area contributed by atoms with Crippen molar-refractivity contribution in [3.8, 4) is 0 Å². The summed E-state index contributed by atoms with van der Waals surface area (Å²) < 4.78 is 4.90. The van der Waals surface area contributed by atoms with Gasteiger partial charge in [0.05, 0.1) is 12.3 Å². The number of hydrogen-bond donors (Lipinski definition) is 0. The first-order valence-electron chi connectivity index (χ1n) is 11.5. The van der Waals surface area contributed by atoms with Crippen molar-refractivity contribution in [2.45, 2.75) is 37.4 Å². The van der Waals surface area contributed by atoms with E-state index < -0.39 is 0 Å². The lowest BCUT2D eigenvalue weighted by Gasteiger charge is -2.14. The number of nitrogens with zero attached hydrogens (tertiary/aromatic N) is 4. The fourth-order valence-corrected chi connectivity index (χ4v) is 7.10. The number of aromatic nitrogens is 4. The molecule has 6 nitrogen and oxygen atoms in total. The van der Waals surface area contributed by atoms with Crippen LogP contribution in [-0.4, -0.2) is 30.7 Å². The van der Waals surface area contributed by atoms with Crippen molar-refractivity contribution in [3.05, 3.63) is 90.9 Å². The van der Waals surface area contributed by atoms with Crippen molar-refractivity contribution < 1.29 is 4.79 Å². The normalized spacial score (nSPS) is 13.4. The molecule has 176 valence electrons. The van der Waals surface area contributed by atoms with Crippen molar-refractivity contribution in [1.29, 1.82) is 0 Å². The minimum atomic E-state index is 0.0258. The van der Waals surface area contributed by atoms with Gasteiger partial charge in [-0.05, 0) is 43.4 Å². The fourth-order valence-electron chi connectivity index (χ4n) is 4.60. The first-order valence-corrected chi connectivity index (χ1v) is 14.1. The lowest BCUT2D eigenvalue weighted by atomic mass is 9.98. The third-order valence-corrected chi connectivity index (χ3v) is 9.07. The van der Waals surface area contributed by atoms with E-state index in [9.17, 15) is 9.59 Å². The number of imidazole rings is 1. The van der Waals surface area contributed by atoms with Gasteiger partial charge in [-0.3, -0.25) is 14.2 Å². The maximum atomic E-state index is 13.7. The number of ketones is 1. The lowest BCUT2D eigenvalue weighted by Crippen LogP contribution is -2.18. The quantitative estimate of drug-likeness (QED) is 0.193. The largest absolute Gasteiger partial charge is 0.300 e. The van der Waals surface area contributed by atoms with E-state index in [1.807, 2.05) is 51.4 Å². The maximum absolute atomic E-state index is 13.7. The molecule has 3 aromatic heterocycles. The van der Waals surface area contributed by atoms with E-state index in [0.29, 0.717) is 28.6 Å². The Morgan fingerprint density at radius 2 is 1.80 bits per heavy atom. The molecule has 1 aliphatic rings. The molecule has 3 heterocycles. The molecule has 0 saturated heterocycles. The van der Waals surface area contributed by atoms with Gasteiger partial charge in [-0.1, -0.05) is 70.2 Å². The van der Waals surface area contributed by atoms with Crippen molar-refractivity contribution >= 4 is 60.9 Å². The zero-order valence-corrected chi connectivity index (χ0v) is 22.0. The molecule has 0 spiro atoms. The van der Waals surface area contributed by atoms with Crippen LogP contribution in [-0.2, 0) is 19.4 Å². The number of carbonyl (C=O) groups is 1. The van der Waals surface area contributed by atoms with Gasteiger partial charge in [-0.15, -0.1) is 21.5 Å². The molecule has 35 heavy (non-hydrogen) atoms. The Kier molecular flexibility index (Phi) is 6.07. The number of halogens is 1. The van der Waals surface area contributed by atoms with Crippen LogP contribution in [0, 0.1) is 0 Å². The van der Waals surface area contributed by atoms with Crippen LogP contribution in [0.4, 0.5) is 0 Å². The summed E-state index contributed by atoms with van der Waals surface area (Å²) in [6, 6.07) is 17.5. The number of hydrogen-bond acceptors (Lipinski definition) is 6. The van der Waals surface area contributed by atoms with Gasteiger partial charge in [-0.2, -0.15) is 0 Å². The summed E-state index contributed by atoms with van der Waals surface area (Å²) in [4.78, 5) is 28.5. The van der Waals surface area contributed by atoms with Crippen LogP contribution in [0.3, 0.4) is 0 Å². The Labute approximate surface area is 218 Å². The van der Waals surface area contributed by atoms with Gasteiger partial charge >= 0.3 is 0 Å². The highest BCUT2D eigenvalue weighted by atomic mass is 79.9. The minimum Gasteiger partial charge on any atom is -0.300 e. The fraction of sp³-hybridized carbons (Fsp3) is 0.231. The standard InChI is InChI=1S/C26H21BrN4O2S2/c27-18-12-10-17(11-13-18)20(32)15-34-26-29-28-25-30(14-16-6-2-1-3-7-16)22-23(33)19-8-4-5-9-21(19)35-24(22)31(25)26/h1-3,6-7,10-13H,4-5,8-9,14-15H2. The summed E-state index contributed by atoms with van der Waals surface area (Å²) in [6.45, 7) is 0.537. The van der Waals surface area contributed by atoms with E-state index in [0.717, 1.165) is 46.1 Å². The van der Waals surface area contributed by atoms with Gasteiger partial charge in [0.25, 0.3) is 0 Å². The summed E-state index contributed by atoms with van der Waals surface area (Å²) >= 11 is 6.44. The van der Waals surface area contributed by atoms with Crippen LogP contribution in [0.1, 0.15) is 39.2 Å². The third kappa shape index (κ3) is 4.15. The van der Waals surface area contributed by atoms with Crippen LogP contribution in [0.2, 0.25) is 0 Å². The number of carbonyl (C=O) groups excluding carboxylic acids is 1. The molecule has 0 unspecified atom stereocenters. The van der Waals surface area contributed by atoms with Crippen molar-refractivity contribution in [3.63, 3.8) is 0 Å². The average molecular weight is 566 g/mol. The number of thioether (sulfide) groups is 1. The number of rotatable bonds is 6. The van der Waals surface area contributed by atoms with Crippen LogP contribution in [0.15, 0.2) is 69.0 Å². The zero-order valence-electron chi connectivity index (χ0n) is 18.7. The second-order valence-corrected chi connectivity index (χ2v) is 11.5. The van der Waals surface area contributed by atoms with E-state index in [-0.39, 0.29) is 17.0 Å². The van der Waals surface area contributed by atoms with E-state index in [1.54, 1.807) is 11.3 Å². The molecular formula is C26H21BrN4O2S2. The third-order valence-electron chi connectivity index (χ3n) is 6.34. The molecule has 0 fully saturated rings. The van der Waals surface area contributed by atoms with Crippen molar-refractivity contribution in [2.75, 3.05) is 5.75 Å². The average Bonchev–Trinajstić information content (AvgIpc) is 3.43. The highest BCUT2D eigenvalue weighted by Gasteiger charge is 2.25. The number of fused-ring (bicyclic) bond motifs is 4. The first kappa shape index (κ1) is 22.7. The Balaban J connectivity index is 1.46. The lowest BCUT2D eigenvalue weighted by molar-refractivity contribution is 0.102. The summed E-state index contributed by atoms with van der Waals surface area (Å²) in [7, 11) is 0. The topological polar surface area (TPSA) is 69.3 Å². The first-order chi connectivity index (χ1) is 17.1. The Hall–Kier alpha value is -2.75. The van der Waals surface area contributed by atoms with Crippen LogP contribution >= 0.6 is 39.0 Å². The minimum absolute atomic E-state index is 0.0258. The smallest absolute Gasteiger partial charge is 0.238 e. The van der Waals surface area contributed by atoms with E-state index in [1.165, 1.54) is 16.6 Å². The molecule has 0 saturated carbocycles. The predicted octanol–water partition coefficient (Wildman–Crippen LogP) is 5.77. The molecule has 2 aromatic carbocycles. The highest BCUT2D eigenvalue weighted by molar-refractivity contribution is 9.10. The zero-order chi connectivity index (χ0) is 23.9. The number of benzene rings is 2. The second kappa shape index (κ2) is 9.37. The van der Waals surface area contributed by atoms with Gasteiger partial charge in [0.1, 0.15) is 10.3 Å². The Morgan fingerprint density at radius 1 is 1.03 bits per heavy atom. The molecule has 0 N–H and O–H groups in total. The van der Waals surface area contributed by atoms with Crippen molar-refractivity contribution in [2.24, 2.45) is 0 Å².